The highest BCUT2D eigenvalue weighted by molar-refractivity contribution is 5.93. The second-order valence-corrected chi connectivity index (χ2v) is 10.5. The van der Waals surface area contributed by atoms with Crippen LogP contribution in [0.25, 0.3) is 0 Å². The van der Waals surface area contributed by atoms with E-state index in [2.05, 4.69) is 30.1 Å². The molecule has 3 fully saturated rings. The van der Waals surface area contributed by atoms with Crippen molar-refractivity contribution in [1.29, 1.82) is 0 Å². The Bertz CT molecular complexity index is 904. The van der Waals surface area contributed by atoms with Gasteiger partial charge in [-0.3, -0.25) is 0 Å². The lowest BCUT2D eigenvalue weighted by molar-refractivity contribution is -0.0209. The van der Waals surface area contributed by atoms with Gasteiger partial charge in [-0.05, 0) is 92.2 Å². The van der Waals surface area contributed by atoms with Crippen LogP contribution in [0.15, 0.2) is 46.1 Å². The molecule has 5 rings (SSSR count). The first-order valence-electron chi connectivity index (χ1n) is 11.6. The largest absolute Gasteiger partial charge is 0.393 e. The maximum atomic E-state index is 13.1. The second-order valence-electron chi connectivity index (χ2n) is 10.5. The number of aliphatic hydroxyl groups excluding tert-OH is 1. The first-order valence-corrected chi connectivity index (χ1v) is 11.6. The summed E-state index contributed by atoms with van der Waals surface area (Å²) >= 11 is 0. The monoisotopic (exact) mass is 408 g/mol. The Kier molecular flexibility index (Phi) is 4.96. The summed E-state index contributed by atoms with van der Waals surface area (Å²) in [6.07, 6.45) is 12.9. The average molecular weight is 409 g/mol. The van der Waals surface area contributed by atoms with Crippen molar-refractivity contribution in [3.63, 3.8) is 0 Å². The van der Waals surface area contributed by atoms with Crippen molar-refractivity contribution < 1.29 is 9.50 Å². The zero-order chi connectivity index (χ0) is 20.9. The fraction of sp³-hybridized carbons (Fsp3) is 0.615. The van der Waals surface area contributed by atoms with E-state index < -0.39 is 0 Å². The lowest BCUT2D eigenvalue weighted by atomic mass is 9.48. The molecule has 0 aromatic heterocycles. The Hall–Kier alpha value is -1.81. The average Bonchev–Trinajstić information content (AvgIpc) is 3.06. The number of rotatable bonds is 2. The summed E-state index contributed by atoms with van der Waals surface area (Å²) in [5.41, 5.74) is 4.09. The number of benzene rings is 1. The number of hydrogen-bond acceptors (Lipinski definition) is 3. The second kappa shape index (κ2) is 7.40. The van der Waals surface area contributed by atoms with E-state index >= 15 is 0 Å². The van der Waals surface area contributed by atoms with Gasteiger partial charge in [-0.1, -0.05) is 37.6 Å². The van der Waals surface area contributed by atoms with Crippen LogP contribution in [0.4, 0.5) is 4.39 Å². The molecule has 0 unspecified atom stereocenters. The van der Waals surface area contributed by atoms with Gasteiger partial charge in [-0.2, -0.15) is 10.2 Å². The van der Waals surface area contributed by atoms with Crippen LogP contribution >= 0.6 is 0 Å². The van der Waals surface area contributed by atoms with E-state index in [1.54, 1.807) is 18.3 Å². The summed E-state index contributed by atoms with van der Waals surface area (Å²) in [5, 5.41) is 19.2. The molecule has 0 spiro atoms. The molecule has 1 aromatic carbocycles. The number of hydrogen-bond donors (Lipinski definition) is 1. The number of halogens is 1. The third-order valence-corrected chi connectivity index (χ3v) is 9.07. The van der Waals surface area contributed by atoms with Gasteiger partial charge in [0.05, 0.1) is 12.3 Å². The molecular weight excluding hydrogens is 375 g/mol. The third-order valence-electron chi connectivity index (χ3n) is 9.07. The molecule has 160 valence electrons. The first kappa shape index (κ1) is 20.1. The Labute approximate surface area is 179 Å². The molecule has 1 N–H and O–H groups in total. The van der Waals surface area contributed by atoms with E-state index in [4.69, 9.17) is 0 Å². The zero-order valence-electron chi connectivity index (χ0n) is 18.1. The Balaban J connectivity index is 1.37. The summed E-state index contributed by atoms with van der Waals surface area (Å²) in [7, 11) is 0. The number of allylic oxidation sites excluding steroid dienone is 1. The van der Waals surface area contributed by atoms with Crippen molar-refractivity contribution in [3.8, 4) is 0 Å². The standard InChI is InChI=1S/C26H33FN2O/c1-25-13-11-20(30)15-18(25)5-8-21-22-9-10-24(26(22,2)14-12-23(21)25)29-28-16-17-3-6-19(27)7-4-17/h3-7,16,20-23,30H,8-15H2,1-2H3/b28-16-,29-24+/t20-,21+,22-,23+,25-,26-/m0/s1. The Morgan fingerprint density at radius 1 is 1.03 bits per heavy atom. The van der Waals surface area contributed by atoms with Crippen LogP contribution in [0.1, 0.15) is 70.8 Å². The SMILES string of the molecule is C[C@]12CC[C@H](O)CC1=CC[C@H]1[C@H]2CC[C@]2(C)/C(=N/N=C\c3ccc(F)cc3)CC[C@@H]12. The number of aliphatic hydroxyl groups is 1. The van der Waals surface area contributed by atoms with Gasteiger partial charge in [-0.25, -0.2) is 4.39 Å². The molecular formula is C26H33FN2O. The summed E-state index contributed by atoms with van der Waals surface area (Å²) in [6.45, 7) is 4.89. The molecule has 0 amide bonds. The molecule has 0 radical (unpaired) electrons. The highest BCUT2D eigenvalue weighted by atomic mass is 19.1. The molecule has 1 aromatic rings. The maximum Gasteiger partial charge on any atom is 0.123 e. The van der Waals surface area contributed by atoms with Crippen molar-refractivity contribution in [1.82, 2.24) is 0 Å². The smallest absolute Gasteiger partial charge is 0.123 e. The Morgan fingerprint density at radius 2 is 1.77 bits per heavy atom. The predicted molar refractivity (Wildman–Crippen MR) is 119 cm³/mol. The van der Waals surface area contributed by atoms with Gasteiger partial charge >= 0.3 is 0 Å². The van der Waals surface area contributed by atoms with E-state index in [1.807, 2.05) is 0 Å². The van der Waals surface area contributed by atoms with Crippen LogP contribution in [0.2, 0.25) is 0 Å². The van der Waals surface area contributed by atoms with E-state index in [-0.39, 0.29) is 22.8 Å². The van der Waals surface area contributed by atoms with Crippen molar-refractivity contribution in [2.24, 2.45) is 38.8 Å². The minimum atomic E-state index is -0.229. The summed E-state index contributed by atoms with van der Waals surface area (Å²) in [5.74, 6) is 1.91. The molecule has 4 aliphatic carbocycles. The van der Waals surface area contributed by atoms with Crippen molar-refractivity contribution >= 4 is 11.9 Å². The van der Waals surface area contributed by atoms with Crippen LogP contribution in [-0.2, 0) is 0 Å². The fourth-order valence-corrected chi connectivity index (χ4v) is 7.31. The molecule has 0 heterocycles. The van der Waals surface area contributed by atoms with E-state index in [9.17, 15) is 9.50 Å². The molecule has 0 bridgehead atoms. The minimum Gasteiger partial charge on any atom is -0.393 e. The van der Waals surface area contributed by atoms with Gasteiger partial charge < -0.3 is 5.11 Å². The van der Waals surface area contributed by atoms with Crippen molar-refractivity contribution in [2.75, 3.05) is 0 Å². The van der Waals surface area contributed by atoms with Gasteiger partial charge in [-0.15, -0.1) is 0 Å². The van der Waals surface area contributed by atoms with Crippen LogP contribution < -0.4 is 0 Å². The van der Waals surface area contributed by atoms with Crippen molar-refractivity contribution in [3.05, 3.63) is 47.3 Å². The maximum absolute atomic E-state index is 13.1. The summed E-state index contributed by atoms with van der Waals surface area (Å²) in [4.78, 5) is 0. The summed E-state index contributed by atoms with van der Waals surface area (Å²) < 4.78 is 13.1. The van der Waals surface area contributed by atoms with Gasteiger partial charge in [0.2, 0.25) is 0 Å². The predicted octanol–water partition coefficient (Wildman–Crippen LogP) is 5.92. The van der Waals surface area contributed by atoms with Crippen LogP contribution in [-0.4, -0.2) is 23.1 Å². The van der Waals surface area contributed by atoms with Gasteiger partial charge in [0.25, 0.3) is 0 Å². The van der Waals surface area contributed by atoms with Crippen LogP contribution in [0, 0.1) is 34.4 Å². The van der Waals surface area contributed by atoms with E-state index in [0.29, 0.717) is 5.92 Å². The van der Waals surface area contributed by atoms with Crippen LogP contribution in [0.5, 0.6) is 0 Å². The number of fused-ring (bicyclic) bond motifs is 5. The van der Waals surface area contributed by atoms with Gasteiger partial charge in [0, 0.05) is 11.1 Å². The molecule has 30 heavy (non-hydrogen) atoms. The molecule has 6 atom stereocenters. The van der Waals surface area contributed by atoms with Crippen LogP contribution in [0.3, 0.4) is 0 Å². The topological polar surface area (TPSA) is 45.0 Å². The quantitative estimate of drug-likeness (QED) is 0.368. The van der Waals surface area contributed by atoms with E-state index in [1.165, 1.54) is 42.7 Å². The highest BCUT2D eigenvalue weighted by Crippen LogP contribution is 2.64. The highest BCUT2D eigenvalue weighted by Gasteiger charge is 2.57. The van der Waals surface area contributed by atoms with E-state index in [0.717, 1.165) is 49.5 Å². The van der Waals surface area contributed by atoms with Gasteiger partial charge in [0.1, 0.15) is 5.82 Å². The fourth-order valence-electron chi connectivity index (χ4n) is 7.31. The zero-order valence-corrected chi connectivity index (χ0v) is 18.1. The normalized spacial score (nSPS) is 42.0. The van der Waals surface area contributed by atoms with Crippen molar-refractivity contribution in [2.45, 2.75) is 71.3 Å². The first-order chi connectivity index (χ1) is 14.4. The third kappa shape index (κ3) is 3.19. The molecule has 0 saturated heterocycles. The minimum absolute atomic E-state index is 0.140. The Morgan fingerprint density at radius 3 is 2.57 bits per heavy atom. The lowest BCUT2D eigenvalue weighted by Crippen LogP contribution is -2.50. The molecule has 0 aliphatic heterocycles. The lowest BCUT2D eigenvalue weighted by Gasteiger charge is -2.57. The molecule has 3 saturated carbocycles. The number of nitrogens with zero attached hydrogens (tertiary/aromatic N) is 2. The molecule has 4 aliphatic rings. The molecule has 3 nitrogen and oxygen atoms in total. The summed E-state index contributed by atoms with van der Waals surface area (Å²) in [6, 6.07) is 6.38. The molecule has 4 heteroatoms. The van der Waals surface area contributed by atoms with Gasteiger partial charge in [0.15, 0.2) is 0 Å².